The lowest BCUT2D eigenvalue weighted by Crippen LogP contribution is -2.24. The van der Waals surface area contributed by atoms with Gasteiger partial charge in [-0.3, -0.25) is 9.59 Å². The molecule has 0 bridgehead atoms. The third-order valence-electron chi connectivity index (χ3n) is 4.73. The molecule has 3 aromatic rings. The third-order valence-corrected chi connectivity index (χ3v) is 5.28. The predicted molar refractivity (Wildman–Crippen MR) is 116 cm³/mol. The first-order chi connectivity index (χ1) is 15.4. The van der Waals surface area contributed by atoms with E-state index in [1.54, 1.807) is 29.0 Å². The topological polar surface area (TPSA) is 119 Å². The molecular weight excluding hydrogens is 439 g/mol. The molecule has 3 rings (SSSR count). The van der Waals surface area contributed by atoms with Gasteiger partial charge in [0.05, 0.1) is 24.6 Å². The van der Waals surface area contributed by atoms with Crippen molar-refractivity contribution >= 4 is 34.5 Å². The summed E-state index contributed by atoms with van der Waals surface area (Å²) in [6.45, 7) is 2.08. The molecule has 1 amide bonds. The molecular formula is C21H23FN4O5S. The van der Waals surface area contributed by atoms with Crippen molar-refractivity contribution in [2.75, 3.05) is 26.6 Å². The van der Waals surface area contributed by atoms with Gasteiger partial charge in [-0.15, -0.1) is 0 Å². The Morgan fingerprint density at radius 2 is 1.97 bits per heavy atom. The summed E-state index contributed by atoms with van der Waals surface area (Å²) in [5.41, 5.74) is 6.62. The fraction of sp³-hybridized carbons (Fsp3) is 0.333. The molecule has 0 atom stereocenters. The summed E-state index contributed by atoms with van der Waals surface area (Å²) in [7, 11) is 1.37. The van der Waals surface area contributed by atoms with E-state index in [9.17, 15) is 14.0 Å². The number of Topliss-reactive ketones (excluding diaryl/α,β-unsaturated/α-hetero) is 1. The lowest BCUT2D eigenvalue weighted by Gasteiger charge is -2.11. The zero-order chi connectivity index (χ0) is 23.3. The average molecular weight is 463 g/mol. The van der Waals surface area contributed by atoms with Gasteiger partial charge in [-0.25, -0.2) is 19.1 Å². The number of rotatable bonds is 11. The summed E-state index contributed by atoms with van der Waals surface area (Å²) < 4.78 is 21.9. The number of thioether (sulfide) groups is 1. The molecule has 0 aliphatic heterocycles. The van der Waals surface area contributed by atoms with Crippen LogP contribution in [0.15, 0.2) is 29.4 Å². The van der Waals surface area contributed by atoms with E-state index in [0.717, 1.165) is 0 Å². The maximum atomic E-state index is 14.4. The van der Waals surface area contributed by atoms with Crippen molar-refractivity contribution in [2.24, 2.45) is 5.73 Å². The Morgan fingerprint density at radius 1 is 1.22 bits per heavy atom. The quantitative estimate of drug-likeness (QED) is 0.0878. The van der Waals surface area contributed by atoms with Gasteiger partial charge in [0.15, 0.2) is 5.16 Å². The number of primary amides is 1. The molecule has 0 spiro atoms. The van der Waals surface area contributed by atoms with E-state index in [2.05, 4.69) is 14.9 Å². The second kappa shape index (κ2) is 10.5. The van der Waals surface area contributed by atoms with Gasteiger partial charge in [-0.1, -0.05) is 36.9 Å². The number of amides is 1. The molecule has 0 fully saturated rings. The molecule has 0 aliphatic rings. The number of nitrogens with zero attached hydrogens (tertiary/aromatic N) is 3. The van der Waals surface area contributed by atoms with E-state index in [4.69, 9.17) is 15.4 Å². The molecule has 1 aromatic carbocycles. The minimum absolute atomic E-state index is 0.0571. The highest BCUT2D eigenvalue weighted by molar-refractivity contribution is 7.98. The number of hydrogen-bond donors (Lipinski definition) is 1. The van der Waals surface area contributed by atoms with Crippen molar-refractivity contribution in [1.29, 1.82) is 0 Å². The van der Waals surface area contributed by atoms with Crippen molar-refractivity contribution in [3.63, 3.8) is 0 Å². The minimum atomic E-state index is -1.12. The van der Waals surface area contributed by atoms with E-state index in [0.29, 0.717) is 28.5 Å². The van der Waals surface area contributed by atoms with Crippen molar-refractivity contribution in [3.05, 3.63) is 46.9 Å². The Balaban J connectivity index is 2.28. The maximum Gasteiger partial charge on any atom is 0.289 e. The third kappa shape index (κ3) is 4.74. The van der Waals surface area contributed by atoms with Crippen LogP contribution < -0.4 is 10.5 Å². The Hall–Kier alpha value is -3.02. The van der Waals surface area contributed by atoms with Crippen LogP contribution in [0.3, 0.4) is 0 Å². The standard InChI is InChI=1S/C21H23FN4O5S/c1-4-14-15(17(27)18(23)28)16-19(26(14)11-12-7-5-6-8-13(12)22)24-21(32-3)25-20(16)30-9-10-31-29-2/h5-8H,4,9-11H2,1-3H3,(H2,23,28). The number of ether oxygens (including phenoxy) is 1. The number of benzene rings is 1. The largest absolute Gasteiger partial charge is 0.474 e. The Kier molecular flexibility index (Phi) is 7.78. The van der Waals surface area contributed by atoms with E-state index in [-0.39, 0.29) is 36.6 Å². The molecule has 2 aromatic heterocycles. The van der Waals surface area contributed by atoms with E-state index in [1.807, 2.05) is 6.92 Å². The molecule has 32 heavy (non-hydrogen) atoms. The molecule has 170 valence electrons. The van der Waals surface area contributed by atoms with E-state index >= 15 is 0 Å². The van der Waals surface area contributed by atoms with Crippen LogP contribution in [-0.4, -0.2) is 52.8 Å². The van der Waals surface area contributed by atoms with Gasteiger partial charge in [0.2, 0.25) is 5.88 Å². The van der Waals surface area contributed by atoms with Crippen molar-refractivity contribution < 1.29 is 28.5 Å². The number of ketones is 1. The summed E-state index contributed by atoms with van der Waals surface area (Å²) in [5, 5.41) is 0.630. The van der Waals surface area contributed by atoms with Crippen LogP contribution in [0.1, 0.15) is 28.5 Å². The zero-order valence-corrected chi connectivity index (χ0v) is 18.7. The summed E-state index contributed by atoms with van der Waals surface area (Å²) in [5.74, 6) is -2.30. The van der Waals surface area contributed by atoms with Crippen LogP contribution in [0.25, 0.3) is 11.0 Å². The van der Waals surface area contributed by atoms with Gasteiger partial charge in [-0.05, 0) is 18.7 Å². The van der Waals surface area contributed by atoms with Crippen LogP contribution in [0.5, 0.6) is 5.88 Å². The Bertz CT molecular complexity index is 1150. The number of nitrogens with two attached hydrogens (primary N) is 1. The number of halogens is 1. The van der Waals surface area contributed by atoms with Crippen molar-refractivity contribution in [2.45, 2.75) is 25.0 Å². The van der Waals surface area contributed by atoms with Crippen LogP contribution in [0.2, 0.25) is 0 Å². The summed E-state index contributed by atoms with van der Waals surface area (Å²) in [4.78, 5) is 43.0. The first-order valence-corrected chi connectivity index (χ1v) is 11.0. The fourth-order valence-electron chi connectivity index (χ4n) is 3.39. The second-order valence-electron chi connectivity index (χ2n) is 6.60. The number of carbonyl (C=O) groups excluding carboxylic acids is 2. The monoisotopic (exact) mass is 462 g/mol. The van der Waals surface area contributed by atoms with Crippen molar-refractivity contribution in [1.82, 2.24) is 14.5 Å². The maximum absolute atomic E-state index is 14.4. The lowest BCUT2D eigenvalue weighted by molar-refractivity contribution is -0.275. The van der Waals surface area contributed by atoms with Crippen LogP contribution in [-0.2, 0) is 27.5 Å². The molecule has 0 saturated carbocycles. The van der Waals surface area contributed by atoms with Crippen LogP contribution >= 0.6 is 11.8 Å². The normalized spacial score (nSPS) is 11.1. The van der Waals surface area contributed by atoms with E-state index < -0.39 is 17.5 Å². The average Bonchev–Trinajstić information content (AvgIpc) is 3.10. The zero-order valence-electron chi connectivity index (χ0n) is 17.9. The first-order valence-electron chi connectivity index (χ1n) is 9.75. The molecule has 2 N–H and O–H groups in total. The van der Waals surface area contributed by atoms with Crippen LogP contribution in [0.4, 0.5) is 4.39 Å². The van der Waals surface area contributed by atoms with Gasteiger partial charge >= 0.3 is 0 Å². The SMILES string of the molecule is CCc1c(C(=O)C(N)=O)c2c(OCCOOC)nc(SC)nc2n1Cc1ccccc1F. The molecule has 0 saturated heterocycles. The van der Waals surface area contributed by atoms with E-state index in [1.165, 1.54) is 24.9 Å². The molecule has 11 heteroatoms. The Morgan fingerprint density at radius 3 is 2.59 bits per heavy atom. The molecule has 0 radical (unpaired) electrons. The summed E-state index contributed by atoms with van der Waals surface area (Å²) in [6.07, 6.45) is 2.15. The van der Waals surface area contributed by atoms with Gasteiger partial charge in [0, 0.05) is 11.3 Å². The van der Waals surface area contributed by atoms with Crippen LogP contribution in [0, 0.1) is 5.82 Å². The van der Waals surface area contributed by atoms with Crippen molar-refractivity contribution in [3.8, 4) is 5.88 Å². The number of fused-ring (bicyclic) bond motifs is 1. The predicted octanol–water partition coefficient (Wildman–Crippen LogP) is 2.53. The van der Waals surface area contributed by atoms with Gasteiger partial charge < -0.3 is 15.0 Å². The number of hydrogen-bond acceptors (Lipinski definition) is 8. The highest BCUT2D eigenvalue weighted by Crippen LogP contribution is 2.34. The molecule has 9 nitrogen and oxygen atoms in total. The minimum Gasteiger partial charge on any atom is -0.474 e. The fourth-order valence-corrected chi connectivity index (χ4v) is 3.74. The highest BCUT2D eigenvalue weighted by atomic mass is 32.2. The van der Waals surface area contributed by atoms with Gasteiger partial charge in [0.25, 0.3) is 11.7 Å². The summed E-state index contributed by atoms with van der Waals surface area (Å²) in [6, 6.07) is 6.32. The number of carbonyl (C=O) groups is 2. The molecule has 0 unspecified atom stereocenters. The summed E-state index contributed by atoms with van der Waals surface area (Å²) >= 11 is 1.27. The van der Waals surface area contributed by atoms with Gasteiger partial charge in [0.1, 0.15) is 24.7 Å². The smallest absolute Gasteiger partial charge is 0.289 e. The number of aromatic nitrogens is 3. The second-order valence-corrected chi connectivity index (χ2v) is 7.37. The Labute approximate surface area is 188 Å². The molecule has 2 heterocycles. The first kappa shape index (κ1) is 23.6. The lowest BCUT2D eigenvalue weighted by atomic mass is 10.1. The van der Waals surface area contributed by atoms with Gasteiger partial charge in [-0.2, -0.15) is 4.98 Å². The highest BCUT2D eigenvalue weighted by Gasteiger charge is 2.30. The molecule has 0 aliphatic carbocycles.